The first-order valence-corrected chi connectivity index (χ1v) is 8.48. The molecule has 0 radical (unpaired) electrons. The van der Waals surface area contributed by atoms with E-state index < -0.39 is 0 Å². The zero-order chi connectivity index (χ0) is 14.8. The van der Waals surface area contributed by atoms with Gasteiger partial charge in [0.1, 0.15) is 0 Å². The number of likely N-dealkylation sites (tertiary alicyclic amines) is 1. The van der Waals surface area contributed by atoms with Gasteiger partial charge in [0.05, 0.1) is 6.61 Å². The van der Waals surface area contributed by atoms with Crippen LogP contribution in [-0.4, -0.2) is 44.3 Å². The normalized spacial score (nSPS) is 17.8. The fourth-order valence-corrected chi connectivity index (χ4v) is 2.93. The highest BCUT2D eigenvalue weighted by molar-refractivity contribution is 5.19. The third-order valence-electron chi connectivity index (χ3n) is 4.08. The van der Waals surface area contributed by atoms with Gasteiger partial charge in [0.25, 0.3) is 0 Å². The maximum absolute atomic E-state index is 5.58. The molecule has 1 aromatic carbocycles. The molecule has 3 nitrogen and oxygen atoms in total. The minimum absolute atomic E-state index is 0.412. The van der Waals surface area contributed by atoms with Crippen molar-refractivity contribution in [3.8, 4) is 0 Å². The van der Waals surface area contributed by atoms with E-state index in [4.69, 9.17) is 4.74 Å². The molecule has 2 rings (SSSR count). The minimum Gasteiger partial charge on any atom is -0.380 e. The van der Waals surface area contributed by atoms with Crippen molar-refractivity contribution in [3.05, 3.63) is 35.9 Å². The number of hydrogen-bond donors (Lipinski definition) is 1. The summed E-state index contributed by atoms with van der Waals surface area (Å²) >= 11 is 0. The van der Waals surface area contributed by atoms with Gasteiger partial charge >= 0.3 is 0 Å². The highest BCUT2D eigenvalue weighted by Gasteiger charge is 2.17. The van der Waals surface area contributed by atoms with Crippen LogP contribution in [-0.2, 0) is 4.74 Å². The van der Waals surface area contributed by atoms with Crippen LogP contribution in [0.15, 0.2) is 30.3 Å². The first-order valence-electron chi connectivity index (χ1n) is 8.48. The number of nitrogens with zero attached hydrogens (tertiary/aromatic N) is 1. The van der Waals surface area contributed by atoms with Gasteiger partial charge in [-0.15, -0.1) is 0 Å². The second kappa shape index (κ2) is 9.93. The Hall–Kier alpha value is -0.900. The first-order chi connectivity index (χ1) is 10.4. The van der Waals surface area contributed by atoms with E-state index in [-0.39, 0.29) is 0 Å². The van der Waals surface area contributed by atoms with Gasteiger partial charge in [0, 0.05) is 25.7 Å². The van der Waals surface area contributed by atoms with Crippen LogP contribution in [0, 0.1) is 0 Å². The van der Waals surface area contributed by atoms with E-state index in [1.807, 2.05) is 0 Å². The summed E-state index contributed by atoms with van der Waals surface area (Å²) in [5, 5.41) is 3.68. The number of hydrogen-bond acceptors (Lipinski definition) is 3. The summed E-state index contributed by atoms with van der Waals surface area (Å²) < 4.78 is 5.58. The Balaban J connectivity index is 1.84. The lowest BCUT2D eigenvalue weighted by Gasteiger charge is -2.31. The van der Waals surface area contributed by atoms with Gasteiger partial charge in [-0.3, -0.25) is 0 Å². The number of ether oxygens (including phenoxy) is 1. The van der Waals surface area contributed by atoms with E-state index in [1.54, 1.807) is 0 Å². The van der Waals surface area contributed by atoms with Crippen LogP contribution in [0.2, 0.25) is 0 Å². The molecule has 1 atom stereocenters. The third kappa shape index (κ3) is 6.16. The summed E-state index contributed by atoms with van der Waals surface area (Å²) in [6.07, 6.45) is 5.18. The fourth-order valence-electron chi connectivity index (χ4n) is 2.93. The third-order valence-corrected chi connectivity index (χ3v) is 4.08. The molecule has 0 spiro atoms. The molecule has 1 heterocycles. The van der Waals surface area contributed by atoms with Crippen LogP contribution in [0.3, 0.4) is 0 Å². The fraction of sp³-hybridized carbons (Fsp3) is 0.667. The zero-order valence-corrected chi connectivity index (χ0v) is 13.4. The van der Waals surface area contributed by atoms with Crippen molar-refractivity contribution >= 4 is 0 Å². The molecule has 1 aliphatic heterocycles. The molecule has 0 aliphatic carbocycles. The topological polar surface area (TPSA) is 24.5 Å². The second-order valence-electron chi connectivity index (χ2n) is 5.89. The molecule has 1 saturated heterocycles. The van der Waals surface area contributed by atoms with Gasteiger partial charge in [-0.05, 0) is 37.9 Å². The number of benzene rings is 1. The Morgan fingerprint density at radius 2 is 1.86 bits per heavy atom. The number of piperidine rings is 1. The molecule has 0 bridgehead atoms. The summed E-state index contributed by atoms with van der Waals surface area (Å²) in [6.45, 7) is 8.34. The lowest BCUT2D eigenvalue weighted by atomic mass is 10.0. The Labute approximate surface area is 129 Å². The molecule has 1 fully saturated rings. The van der Waals surface area contributed by atoms with Gasteiger partial charge in [-0.25, -0.2) is 0 Å². The number of nitrogens with one attached hydrogen (secondary N) is 1. The Bertz CT molecular complexity index is 363. The molecule has 21 heavy (non-hydrogen) atoms. The first kappa shape index (κ1) is 16.5. The Morgan fingerprint density at radius 3 is 2.57 bits per heavy atom. The van der Waals surface area contributed by atoms with Crippen LogP contribution in [0.1, 0.15) is 44.2 Å². The van der Waals surface area contributed by atoms with E-state index in [0.717, 1.165) is 32.7 Å². The van der Waals surface area contributed by atoms with Crippen molar-refractivity contribution in [1.29, 1.82) is 0 Å². The van der Waals surface area contributed by atoms with Crippen LogP contribution < -0.4 is 5.32 Å². The summed E-state index contributed by atoms with van der Waals surface area (Å²) in [6, 6.07) is 11.2. The molecule has 118 valence electrons. The van der Waals surface area contributed by atoms with Crippen LogP contribution >= 0.6 is 0 Å². The van der Waals surface area contributed by atoms with Gasteiger partial charge in [0.15, 0.2) is 0 Å². The Kier molecular flexibility index (Phi) is 7.79. The van der Waals surface area contributed by atoms with Crippen LogP contribution in [0.4, 0.5) is 0 Å². The van der Waals surface area contributed by atoms with E-state index in [2.05, 4.69) is 47.5 Å². The van der Waals surface area contributed by atoms with Gasteiger partial charge in [0.2, 0.25) is 0 Å². The highest BCUT2D eigenvalue weighted by atomic mass is 16.5. The summed E-state index contributed by atoms with van der Waals surface area (Å²) in [5.74, 6) is 0. The molecular weight excluding hydrogens is 260 g/mol. The number of rotatable bonds is 9. The molecule has 3 heteroatoms. The Morgan fingerprint density at radius 1 is 1.10 bits per heavy atom. The lowest BCUT2D eigenvalue weighted by Crippen LogP contribution is -2.39. The van der Waals surface area contributed by atoms with Gasteiger partial charge < -0.3 is 15.0 Å². The summed E-state index contributed by atoms with van der Waals surface area (Å²) in [5.41, 5.74) is 1.39. The smallest absolute Gasteiger partial charge is 0.0591 e. The van der Waals surface area contributed by atoms with Crippen molar-refractivity contribution in [2.75, 3.05) is 39.4 Å². The standard InChI is InChI=1S/C18H30N2O/c1-2-14-21-15-11-19-18(17-9-5-3-6-10-17)16-20-12-7-4-8-13-20/h3,5-6,9-10,18-19H,2,4,7-8,11-16H2,1H3/t18-/m1/s1. The quantitative estimate of drug-likeness (QED) is 0.707. The maximum Gasteiger partial charge on any atom is 0.0591 e. The monoisotopic (exact) mass is 290 g/mol. The molecule has 1 aliphatic rings. The molecule has 0 unspecified atom stereocenters. The molecular formula is C18H30N2O. The van der Waals surface area contributed by atoms with Crippen molar-refractivity contribution < 1.29 is 4.74 Å². The highest BCUT2D eigenvalue weighted by Crippen LogP contribution is 2.17. The van der Waals surface area contributed by atoms with E-state index in [1.165, 1.54) is 37.9 Å². The molecule has 0 saturated carbocycles. The average molecular weight is 290 g/mol. The predicted octanol–water partition coefficient (Wildman–Crippen LogP) is 3.23. The maximum atomic E-state index is 5.58. The average Bonchev–Trinajstić information content (AvgIpc) is 2.55. The minimum atomic E-state index is 0.412. The molecule has 1 N–H and O–H groups in total. The van der Waals surface area contributed by atoms with Crippen molar-refractivity contribution in [1.82, 2.24) is 10.2 Å². The van der Waals surface area contributed by atoms with Crippen LogP contribution in [0.5, 0.6) is 0 Å². The van der Waals surface area contributed by atoms with Crippen LogP contribution in [0.25, 0.3) is 0 Å². The van der Waals surface area contributed by atoms with E-state index in [9.17, 15) is 0 Å². The predicted molar refractivity (Wildman–Crippen MR) is 88.6 cm³/mol. The molecule has 1 aromatic rings. The van der Waals surface area contributed by atoms with Gasteiger partial charge in [-0.1, -0.05) is 43.7 Å². The van der Waals surface area contributed by atoms with Gasteiger partial charge in [-0.2, -0.15) is 0 Å². The van der Waals surface area contributed by atoms with E-state index >= 15 is 0 Å². The molecule has 0 aromatic heterocycles. The lowest BCUT2D eigenvalue weighted by molar-refractivity contribution is 0.130. The van der Waals surface area contributed by atoms with Crippen molar-refractivity contribution in [2.24, 2.45) is 0 Å². The summed E-state index contributed by atoms with van der Waals surface area (Å²) in [4.78, 5) is 2.60. The van der Waals surface area contributed by atoms with Crippen molar-refractivity contribution in [2.45, 2.75) is 38.6 Å². The van der Waals surface area contributed by atoms with Crippen molar-refractivity contribution in [3.63, 3.8) is 0 Å². The summed E-state index contributed by atoms with van der Waals surface area (Å²) in [7, 11) is 0. The molecule has 0 amide bonds. The zero-order valence-electron chi connectivity index (χ0n) is 13.4. The SMILES string of the molecule is CCCOCCN[C@H](CN1CCCCC1)c1ccccc1. The largest absolute Gasteiger partial charge is 0.380 e. The van der Waals surface area contributed by atoms with E-state index in [0.29, 0.717) is 6.04 Å². The second-order valence-corrected chi connectivity index (χ2v) is 5.89.